The molecule has 0 saturated carbocycles. The Morgan fingerprint density at radius 3 is 2.71 bits per heavy atom. The first-order valence-corrected chi connectivity index (χ1v) is 7.78. The lowest BCUT2D eigenvalue weighted by Gasteiger charge is -2.04. The number of hydrogen-bond donors (Lipinski definition) is 1. The van der Waals surface area contributed by atoms with Crippen molar-refractivity contribution >= 4 is 33.8 Å². The van der Waals surface area contributed by atoms with Gasteiger partial charge < -0.3 is 10.1 Å². The molecule has 1 aromatic carbocycles. The van der Waals surface area contributed by atoms with Gasteiger partial charge in [0.05, 0.1) is 5.69 Å². The van der Waals surface area contributed by atoms with Crippen LogP contribution in [-0.4, -0.2) is 15.3 Å². The number of benzene rings is 1. The number of amides is 1. The Balaban J connectivity index is 1.67. The van der Waals surface area contributed by atoms with Crippen molar-refractivity contribution in [2.75, 3.05) is 5.32 Å². The van der Waals surface area contributed by atoms with Crippen molar-refractivity contribution in [3.8, 4) is 10.9 Å². The van der Waals surface area contributed by atoms with Crippen LogP contribution in [0, 0.1) is 6.92 Å². The van der Waals surface area contributed by atoms with Gasteiger partial charge in [-0.05, 0) is 48.8 Å². The number of rotatable bonds is 4. The Morgan fingerprint density at radius 2 is 2.10 bits per heavy atom. The number of thiazole rings is 1. The number of carbonyl (C=O) groups excluding carboxylic acids is 1. The summed E-state index contributed by atoms with van der Waals surface area (Å²) in [6.45, 7) is 1.89. The first-order valence-electron chi connectivity index (χ1n) is 6.13. The fourth-order valence-corrected chi connectivity index (χ4v) is 2.80. The van der Waals surface area contributed by atoms with Crippen molar-refractivity contribution in [3.63, 3.8) is 0 Å². The van der Waals surface area contributed by atoms with Crippen molar-refractivity contribution in [2.24, 2.45) is 0 Å². The highest BCUT2D eigenvalue weighted by Gasteiger charge is 2.08. The molecule has 3 aromatic rings. The number of ether oxygens (including phenoxy) is 1. The molecule has 2 heterocycles. The van der Waals surface area contributed by atoms with Crippen molar-refractivity contribution < 1.29 is 9.53 Å². The largest absolute Gasteiger partial charge is 0.431 e. The third kappa shape index (κ3) is 3.45. The predicted molar refractivity (Wildman–Crippen MR) is 83.4 cm³/mol. The van der Waals surface area contributed by atoms with Gasteiger partial charge in [0.15, 0.2) is 0 Å². The molecule has 0 unspecified atom stereocenters. The van der Waals surface area contributed by atoms with Crippen LogP contribution < -0.4 is 10.1 Å². The minimum absolute atomic E-state index is 0.167. The molecule has 0 fully saturated rings. The fourth-order valence-electron chi connectivity index (χ4n) is 1.64. The molecule has 0 aliphatic rings. The van der Waals surface area contributed by atoms with Gasteiger partial charge in [-0.3, -0.25) is 4.79 Å². The molecule has 2 aromatic heterocycles. The second kappa shape index (κ2) is 6.02. The SMILES string of the molecule is Cc1cc(NC(=O)c2ccc(Oc3nccs3)cc2)sn1. The standard InChI is InChI=1S/C14H11N3O2S2/c1-9-8-12(21-17-9)16-13(18)10-2-4-11(5-3-10)19-14-15-6-7-20-14/h2-8H,1H3,(H,16,18). The van der Waals surface area contributed by atoms with E-state index in [1.807, 2.05) is 18.4 Å². The van der Waals surface area contributed by atoms with Crippen LogP contribution in [0.2, 0.25) is 0 Å². The normalized spacial score (nSPS) is 10.3. The van der Waals surface area contributed by atoms with E-state index < -0.39 is 0 Å². The average molecular weight is 317 g/mol. The molecule has 0 radical (unpaired) electrons. The summed E-state index contributed by atoms with van der Waals surface area (Å²) in [7, 11) is 0. The minimum Gasteiger partial charge on any atom is -0.431 e. The summed E-state index contributed by atoms with van der Waals surface area (Å²) >= 11 is 2.68. The van der Waals surface area contributed by atoms with Crippen molar-refractivity contribution in [1.82, 2.24) is 9.36 Å². The van der Waals surface area contributed by atoms with E-state index in [-0.39, 0.29) is 5.91 Å². The van der Waals surface area contributed by atoms with Crippen LogP contribution in [0.15, 0.2) is 41.9 Å². The Bertz CT molecular complexity index is 736. The van der Waals surface area contributed by atoms with E-state index in [1.54, 1.807) is 30.5 Å². The Morgan fingerprint density at radius 1 is 1.29 bits per heavy atom. The predicted octanol–water partition coefficient (Wildman–Crippen LogP) is 3.95. The lowest BCUT2D eigenvalue weighted by molar-refractivity contribution is 0.102. The molecule has 0 saturated heterocycles. The Labute approximate surface area is 129 Å². The summed E-state index contributed by atoms with van der Waals surface area (Å²) in [5, 5.41) is 5.96. The zero-order valence-electron chi connectivity index (χ0n) is 11.1. The van der Waals surface area contributed by atoms with Gasteiger partial charge >= 0.3 is 0 Å². The van der Waals surface area contributed by atoms with Crippen LogP contribution in [0.4, 0.5) is 5.00 Å². The zero-order valence-corrected chi connectivity index (χ0v) is 12.7. The zero-order chi connectivity index (χ0) is 14.7. The maximum Gasteiger partial charge on any atom is 0.278 e. The van der Waals surface area contributed by atoms with E-state index in [2.05, 4.69) is 14.7 Å². The highest BCUT2D eigenvalue weighted by Crippen LogP contribution is 2.24. The van der Waals surface area contributed by atoms with Gasteiger partial charge in [0.1, 0.15) is 10.8 Å². The molecule has 0 atom stereocenters. The van der Waals surface area contributed by atoms with Gasteiger partial charge in [0.25, 0.3) is 11.1 Å². The van der Waals surface area contributed by atoms with Gasteiger partial charge in [-0.25, -0.2) is 4.98 Å². The van der Waals surface area contributed by atoms with Gasteiger partial charge in [-0.15, -0.1) is 0 Å². The third-order valence-corrected chi connectivity index (χ3v) is 4.04. The summed E-state index contributed by atoms with van der Waals surface area (Å²) in [6, 6.07) is 8.75. The third-order valence-electron chi connectivity index (χ3n) is 2.60. The number of anilines is 1. The molecule has 106 valence electrons. The van der Waals surface area contributed by atoms with Crippen molar-refractivity contribution in [2.45, 2.75) is 6.92 Å². The monoisotopic (exact) mass is 317 g/mol. The molecule has 7 heteroatoms. The second-order valence-electron chi connectivity index (χ2n) is 4.21. The minimum atomic E-state index is -0.167. The molecular weight excluding hydrogens is 306 g/mol. The lowest BCUT2D eigenvalue weighted by atomic mass is 10.2. The first-order chi connectivity index (χ1) is 10.2. The van der Waals surface area contributed by atoms with E-state index in [4.69, 9.17) is 4.74 Å². The lowest BCUT2D eigenvalue weighted by Crippen LogP contribution is -2.10. The molecule has 1 N–H and O–H groups in total. The molecule has 0 aliphatic heterocycles. The molecule has 1 amide bonds. The Hall–Kier alpha value is -2.25. The highest BCUT2D eigenvalue weighted by molar-refractivity contribution is 7.11. The molecule has 21 heavy (non-hydrogen) atoms. The van der Waals surface area contributed by atoms with E-state index in [0.717, 1.165) is 10.7 Å². The maximum atomic E-state index is 12.1. The van der Waals surface area contributed by atoms with Crippen LogP contribution in [-0.2, 0) is 0 Å². The molecule has 0 aliphatic carbocycles. The van der Waals surface area contributed by atoms with E-state index in [9.17, 15) is 4.79 Å². The van der Waals surface area contributed by atoms with Crippen LogP contribution in [0.1, 0.15) is 16.1 Å². The average Bonchev–Trinajstić information content (AvgIpc) is 3.12. The van der Waals surface area contributed by atoms with Crippen molar-refractivity contribution in [1.29, 1.82) is 0 Å². The summed E-state index contributed by atoms with van der Waals surface area (Å²) in [4.78, 5) is 16.1. The first kappa shape index (κ1) is 13.7. The maximum absolute atomic E-state index is 12.1. The van der Waals surface area contributed by atoms with E-state index in [1.165, 1.54) is 22.9 Å². The summed E-state index contributed by atoms with van der Waals surface area (Å²) < 4.78 is 9.66. The van der Waals surface area contributed by atoms with Gasteiger partial charge in [0, 0.05) is 17.1 Å². The number of aryl methyl sites for hydroxylation is 1. The molecular formula is C14H11N3O2S2. The van der Waals surface area contributed by atoms with Gasteiger partial charge in [0.2, 0.25) is 0 Å². The molecule has 0 spiro atoms. The van der Waals surface area contributed by atoms with Crippen LogP contribution >= 0.6 is 22.9 Å². The van der Waals surface area contributed by atoms with Crippen LogP contribution in [0.5, 0.6) is 10.9 Å². The summed E-state index contributed by atoms with van der Waals surface area (Å²) in [6.07, 6.45) is 1.68. The topological polar surface area (TPSA) is 64.1 Å². The highest BCUT2D eigenvalue weighted by atomic mass is 32.1. The smallest absolute Gasteiger partial charge is 0.278 e. The van der Waals surface area contributed by atoms with Crippen LogP contribution in [0.3, 0.4) is 0 Å². The molecule has 0 bridgehead atoms. The summed E-state index contributed by atoms with van der Waals surface area (Å²) in [5.74, 6) is 0.481. The van der Waals surface area contributed by atoms with Crippen molar-refractivity contribution in [3.05, 3.63) is 53.2 Å². The number of carbonyl (C=O) groups is 1. The van der Waals surface area contributed by atoms with Gasteiger partial charge in [-0.2, -0.15) is 4.37 Å². The Kier molecular flexibility index (Phi) is 3.94. The molecule has 5 nitrogen and oxygen atoms in total. The van der Waals surface area contributed by atoms with Gasteiger partial charge in [-0.1, -0.05) is 11.3 Å². The van der Waals surface area contributed by atoms with E-state index >= 15 is 0 Å². The fraction of sp³-hybridized carbons (Fsp3) is 0.0714. The second-order valence-corrected chi connectivity index (χ2v) is 5.87. The molecule has 3 rings (SSSR count). The van der Waals surface area contributed by atoms with E-state index in [0.29, 0.717) is 16.5 Å². The summed E-state index contributed by atoms with van der Waals surface area (Å²) in [5.41, 5.74) is 1.45. The van der Waals surface area contributed by atoms with Crippen LogP contribution in [0.25, 0.3) is 0 Å². The quantitative estimate of drug-likeness (QED) is 0.791. The number of nitrogens with one attached hydrogen (secondary N) is 1. The number of hydrogen-bond acceptors (Lipinski definition) is 6. The number of nitrogens with zero attached hydrogens (tertiary/aromatic N) is 2. The number of aromatic nitrogens is 2.